The quantitative estimate of drug-likeness (QED) is 0.783. The fourth-order valence-corrected chi connectivity index (χ4v) is 2.24. The van der Waals surface area contributed by atoms with Crippen molar-refractivity contribution in [2.24, 2.45) is 0 Å². The van der Waals surface area contributed by atoms with E-state index >= 15 is 0 Å². The van der Waals surface area contributed by atoms with Gasteiger partial charge in [-0.3, -0.25) is 0 Å². The fraction of sp³-hybridized carbons (Fsp3) is 0.333. The van der Waals surface area contributed by atoms with Crippen LogP contribution in [0.4, 0.5) is 0 Å². The second-order valence-electron chi connectivity index (χ2n) is 3.02. The second kappa shape index (κ2) is 4.24. The van der Waals surface area contributed by atoms with Crippen molar-refractivity contribution in [1.82, 2.24) is 0 Å². The van der Waals surface area contributed by atoms with Gasteiger partial charge in [0.2, 0.25) is 0 Å². The molecule has 1 aromatic carbocycles. The summed E-state index contributed by atoms with van der Waals surface area (Å²) in [5.41, 5.74) is 1.95. The van der Waals surface area contributed by atoms with Crippen molar-refractivity contribution < 1.29 is 8.42 Å². The Labute approximate surface area is 87.0 Å². The molecule has 0 saturated carbocycles. The minimum absolute atomic E-state index is 0.119. The van der Waals surface area contributed by atoms with Crippen LogP contribution in [0.1, 0.15) is 11.1 Å². The zero-order chi connectivity index (χ0) is 9.90. The molecule has 0 fully saturated rings. The zero-order valence-electron chi connectivity index (χ0n) is 7.33. The van der Waals surface area contributed by atoms with Gasteiger partial charge in [0.1, 0.15) is 0 Å². The molecule has 1 aromatic rings. The lowest BCUT2D eigenvalue weighted by molar-refractivity contribution is 0.601. The Balaban J connectivity index is 2.90. The predicted molar refractivity (Wildman–Crippen MR) is 57.6 cm³/mol. The first-order valence-corrected chi connectivity index (χ1v) is 7.01. The van der Waals surface area contributed by atoms with Crippen LogP contribution in [-0.2, 0) is 20.9 Å². The molecular formula is C9H11BrO2S. The lowest BCUT2D eigenvalue weighted by Crippen LogP contribution is -2.00. The van der Waals surface area contributed by atoms with Crippen molar-refractivity contribution in [1.29, 1.82) is 0 Å². The van der Waals surface area contributed by atoms with E-state index in [9.17, 15) is 8.42 Å². The van der Waals surface area contributed by atoms with Crippen molar-refractivity contribution in [2.75, 3.05) is 6.26 Å². The van der Waals surface area contributed by atoms with E-state index in [4.69, 9.17) is 0 Å². The van der Waals surface area contributed by atoms with Gasteiger partial charge in [0, 0.05) is 11.6 Å². The lowest BCUT2D eigenvalue weighted by Gasteiger charge is -2.01. The van der Waals surface area contributed by atoms with E-state index in [0.717, 1.165) is 16.5 Å². The van der Waals surface area contributed by atoms with Crippen LogP contribution >= 0.6 is 15.9 Å². The standard InChI is InChI=1S/C9H11BrO2S/c1-13(11,12)7-9-4-2-3-8(5-9)6-10/h2-5H,6-7H2,1H3. The Morgan fingerprint density at radius 2 is 1.92 bits per heavy atom. The summed E-state index contributed by atoms with van der Waals surface area (Å²) in [6.07, 6.45) is 1.24. The van der Waals surface area contributed by atoms with Crippen LogP contribution < -0.4 is 0 Å². The number of rotatable bonds is 3. The van der Waals surface area contributed by atoms with Gasteiger partial charge >= 0.3 is 0 Å². The van der Waals surface area contributed by atoms with Crippen molar-refractivity contribution in [3.05, 3.63) is 35.4 Å². The molecule has 0 bridgehead atoms. The number of sulfone groups is 1. The van der Waals surface area contributed by atoms with Gasteiger partial charge in [0.05, 0.1) is 5.75 Å². The lowest BCUT2D eigenvalue weighted by atomic mass is 10.2. The van der Waals surface area contributed by atoms with Gasteiger partial charge in [-0.2, -0.15) is 0 Å². The molecule has 0 amide bonds. The number of halogens is 1. The van der Waals surface area contributed by atoms with E-state index in [2.05, 4.69) is 15.9 Å². The van der Waals surface area contributed by atoms with E-state index < -0.39 is 9.84 Å². The molecule has 0 aliphatic carbocycles. The molecule has 0 aromatic heterocycles. The van der Waals surface area contributed by atoms with Gasteiger partial charge in [-0.05, 0) is 11.1 Å². The molecule has 0 heterocycles. The van der Waals surface area contributed by atoms with Gasteiger partial charge in [0.25, 0.3) is 0 Å². The van der Waals surface area contributed by atoms with Gasteiger partial charge in [0.15, 0.2) is 9.84 Å². The highest BCUT2D eigenvalue weighted by molar-refractivity contribution is 9.08. The normalized spacial score (nSPS) is 11.5. The molecule has 2 nitrogen and oxygen atoms in total. The SMILES string of the molecule is CS(=O)(=O)Cc1cccc(CBr)c1. The summed E-state index contributed by atoms with van der Waals surface area (Å²) in [5, 5.41) is 0.755. The Morgan fingerprint density at radius 3 is 2.46 bits per heavy atom. The molecule has 0 saturated heterocycles. The Kier molecular flexibility index (Phi) is 3.50. The minimum Gasteiger partial charge on any atom is -0.229 e. The molecule has 0 N–H and O–H groups in total. The molecule has 13 heavy (non-hydrogen) atoms. The number of benzene rings is 1. The van der Waals surface area contributed by atoms with E-state index in [1.54, 1.807) is 0 Å². The number of hydrogen-bond acceptors (Lipinski definition) is 2. The smallest absolute Gasteiger partial charge is 0.151 e. The van der Waals surface area contributed by atoms with Crippen LogP contribution in [0.2, 0.25) is 0 Å². The first kappa shape index (κ1) is 10.7. The maximum absolute atomic E-state index is 11.0. The van der Waals surface area contributed by atoms with Crippen LogP contribution in [0, 0.1) is 0 Å². The maximum atomic E-state index is 11.0. The van der Waals surface area contributed by atoms with E-state index in [-0.39, 0.29) is 5.75 Å². The van der Waals surface area contributed by atoms with Crippen LogP contribution in [0.3, 0.4) is 0 Å². The van der Waals surface area contributed by atoms with Crippen molar-refractivity contribution in [3.63, 3.8) is 0 Å². The summed E-state index contributed by atoms with van der Waals surface area (Å²) in [6, 6.07) is 7.56. The highest BCUT2D eigenvalue weighted by atomic mass is 79.9. The molecule has 0 spiro atoms. The number of hydrogen-bond donors (Lipinski definition) is 0. The van der Waals surface area contributed by atoms with E-state index in [1.807, 2.05) is 24.3 Å². The number of alkyl halides is 1. The van der Waals surface area contributed by atoms with Crippen molar-refractivity contribution >= 4 is 25.8 Å². The Morgan fingerprint density at radius 1 is 1.31 bits per heavy atom. The average Bonchev–Trinajstić information content (AvgIpc) is 2.01. The van der Waals surface area contributed by atoms with Gasteiger partial charge < -0.3 is 0 Å². The monoisotopic (exact) mass is 262 g/mol. The van der Waals surface area contributed by atoms with Crippen LogP contribution in [0.15, 0.2) is 24.3 Å². The molecule has 0 unspecified atom stereocenters. The molecule has 0 aliphatic rings. The van der Waals surface area contributed by atoms with Gasteiger partial charge in [-0.15, -0.1) is 0 Å². The maximum Gasteiger partial charge on any atom is 0.151 e. The summed E-state index contributed by atoms with van der Waals surface area (Å²) in [7, 11) is -2.92. The fourth-order valence-electron chi connectivity index (χ4n) is 1.11. The van der Waals surface area contributed by atoms with E-state index in [1.165, 1.54) is 6.26 Å². The first-order valence-electron chi connectivity index (χ1n) is 3.83. The average molecular weight is 263 g/mol. The Bertz CT molecular complexity index is 384. The van der Waals surface area contributed by atoms with Gasteiger partial charge in [-0.25, -0.2) is 8.42 Å². The van der Waals surface area contributed by atoms with E-state index in [0.29, 0.717) is 0 Å². The molecule has 4 heteroatoms. The second-order valence-corrected chi connectivity index (χ2v) is 5.72. The zero-order valence-corrected chi connectivity index (χ0v) is 9.73. The largest absolute Gasteiger partial charge is 0.229 e. The summed E-state index contributed by atoms with van der Waals surface area (Å²) in [6.45, 7) is 0. The summed E-state index contributed by atoms with van der Waals surface area (Å²) >= 11 is 3.32. The third-order valence-electron chi connectivity index (χ3n) is 1.57. The summed E-state index contributed by atoms with van der Waals surface area (Å²) < 4.78 is 22.0. The highest BCUT2D eigenvalue weighted by Gasteiger charge is 2.04. The molecule has 0 aliphatic heterocycles. The van der Waals surface area contributed by atoms with Gasteiger partial charge in [-0.1, -0.05) is 40.2 Å². The summed E-state index contributed by atoms with van der Waals surface area (Å²) in [4.78, 5) is 0. The van der Waals surface area contributed by atoms with Crippen molar-refractivity contribution in [2.45, 2.75) is 11.1 Å². The first-order chi connectivity index (χ1) is 6.01. The molecule has 72 valence electrons. The molecular weight excluding hydrogens is 252 g/mol. The molecule has 1 rings (SSSR count). The summed E-state index contributed by atoms with van der Waals surface area (Å²) in [5.74, 6) is 0.119. The molecule has 0 atom stereocenters. The predicted octanol–water partition coefficient (Wildman–Crippen LogP) is 2.13. The minimum atomic E-state index is -2.92. The van der Waals surface area contributed by atoms with Crippen molar-refractivity contribution in [3.8, 4) is 0 Å². The third-order valence-corrected chi connectivity index (χ3v) is 3.08. The molecule has 0 radical (unpaired) electrons. The topological polar surface area (TPSA) is 34.1 Å². The van der Waals surface area contributed by atoms with Crippen LogP contribution in [-0.4, -0.2) is 14.7 Å². The third kappa shape index (κ3) is 3.91. The van der Waals surface area contributed by atoms with Crippen LogP contribution in [0.25, 0.3) is 0 Å². The van der Waals surface area contributed by atoms with Crippen LogP contribution in [0.5, 0.6) is 0 Å². The Hall–Kier alpha value is -0.350. The highest BCUT2D eigenvalue weighted by Crippen LogP contribution is 2.10.